The maximum Gasteiger partial charge on any atom is 0.251 e. The van der Waals surface area contributed by atoms with Crippen molar-refractivity contribution in [1.82, 2.24) is 5.32 Å². The Kier molecular flexibility index (Phi) is 6.09. The first-order valence-electron chi connectivity index (χ1n) is 9.41. The van der Waals surface area contributed by atoms with Crippen LogP contribution in [0.5, 0.6) is 5.75 Å². The molecule has 146 valence electrons. The Morgan fingerprint density at radius 1 is 1.14 bits per heavy atom. The number of hydrogen-bond donors (Lipinski definition) is 1. The Bertz CT molecular complexity index is 875. The molecule has 0 fully saturated rings. The van der Waals surface area contributed by atoms with Crippen molar-refractivity contribution < 1.29 is 19.1 Å². The van der Waals surface area contributed by atoms with E-state index in [-0.39, 0.29) is 30.8 Å². The van der Waals surface area contributed by atoms with Crippen LogP contribution in [0.25, 0.3) is 0 Å². The Hall–Kier alpha value is -3.15. The summed E-state index contributed by atoms with van der Waals surface area (Å²) in [5.74, 6) is 0.458. The van der Waals surface area contributed by atoms with E-state index in [1.165, 1.54) is 0 Å². The van der Waals surface area contributed by atoms with Gasteiger partial charge in [-0.3, -0.25) is 14.4 Å². The monoisotopic (exact) mass is 380 g/mol. The van der Waals surface area contributed by atoms with Gasteiger partial charge in [0.15, 0.2) is 5.78 Å². The van der Waals surface area contributed by atoms with Crippen molar-refractivity contribution in [1.29, 1.82) is 0 Å². The van der Waals surface area contributed by atoms with Crippen LogP contribution in [0.1, 0.15) is 46.5 Å². The summed E-state index contributed by atoms with van der Waals surface area (Å²) in [4.78, 5) is 37.3. The normalized spacial score (nSPS) is 12.6. The number of rotatable bonds is 8. The number of nitrogens with zero attached hydrogens (tertiary/aromatic N) is 1. The van der Waals surface area contributed by atoms with Crippen LogP contribution in [-0.2, 0) is 11.2 Å². The SMILES string of the molecule is CC(C)Oc1ccc(C(=O)NCCC(=O)c2ccc3c(c2)CCN3C=O)cc1. The zero-order valence-corrected chi connectivity index (χ0v) is 16.1. The summed E-state index contributed by atoms with van der Waals surface area (Å²) in [5.41, 5.74) is 3.00. The molecular formula is C22H24N2O4. The Morgan fingerprint density at radius 3 is 2.54 bits per heavy atom. The van der Waals surface area contributed by atoms with Crippen molar-refractivity contribution in [3.05, 3.63) is 59.2 Å². The molecule has 1 aliphatic heterocycles. The van der Waals surface area contributed by atoms with E-state index in [0.29, 0.717) is 23.4 Å². The second-order valence-electron chi connectivity index (χ2n) is 7.01. The average Bonchev–Trinajstić information content (AvgIpc) is 3.10. The molecule has 1 aliphatic rings. The van der Waals surface area contributed by atoms with E-state index >= 15 is 0 Å². The molecule has 0 aliphatic carbocycles. The van der Waals surface area contributed by atoms with E-state index in [4.69, 9.17) is 4.74 Å². The molecule has 0 spiro atoms. The van der Waals surface area contributed by atoms with Crippen LogP contribution in [0, 0.1) is 0 Å². The van der Waals surface area contributed by atoms with Gasteiger partial charge in [-0.25, -0.2) is 0 Å². The first-order valence-corrected chi connectivity index (χ1v) is 9.41. The molecule has 2 aromatic rings. The molecule has 6 nitrogen and oxygen atoms in total. The Labute approximate surface area is 164 Å². The summed E-state index contributed by atoms with van der Waals surface area (Å²) in [7, 11) is 0. The van der Waals surface area contributed by atoms with Crippen molar-refractivity contribution in [3.63, 3.8) is 0 Å². The van der Waals surface area contributed by atoms with Crippen LogP contribution in [0.4, 0.5) is 5.69 Å². The highest BCUT2D eigenvalue weighted by Crippen LogP contribution is 2.27. The van der Waals surface area contributed by atoms with Crippen LogP contribution < -0.4 is 15.0 Å². The molecule has 1 heterocycles. The lowest BCUT2D eigenvalue weighted by Gasteiger charge is -2.11. The predicted molar refractivity (Wildman–Crippen MR) is 107 cm³/mol. The number of ether oxygens (including phenoxy) is 1. The molecule has 3 rings (SSSR count). The molecule has 0 unspecified atom stereocenters. The lowest BCUT2D eigenvalue weighted by Crippen LogP contribution is -2.26. The van der Waals surface area contributed by atoms with Crippen molar-refractivity contribution in [2.75, 3.05) is 18.0 Å². The third-order valence-corrected chi connectivity index (χ3v) is 4.59. The third-order valence-electron chi connectivity index (χ3n) is 4.59. The van der Waals surface area contributed by atoms with Gasteiger partial charge in [-0.05, 0) is 68.3 Å². The van der Waals surface area contributed by atoms with Gasteiger partial charge in [-0.15, -0.1) is 0 Å². The molecule has 6 heteroatoms. The summed E-state index contributed by atoms with van der Waals surface area (Å²) in [6.07, 6.45) is 1.86. The lowest BCUT2D eigenvalue weighted by atomic mass is 10.0. The smallest absolute Gasteiger partial charge is 0.251 e. The van der Waals surface area contributed by atoms with Gasteiger partial charge < -0.3 is 15.0 Å². The maximum absolute atomic E-state index is 12.4. The molecule has 2 aromatic carbocycles. The van der Waals surface area contributed by atoms with Crippen molar-refractivity contribution in [3.8, 4) is 5.75 Å². The van der Waals surface area contributed by atoms with Crippen LogP contribution in [0.15, 0.2) is 42.5 Å². The minimum atomic E-state index is -0.223. The summed E-state index contributed by atoms with van der Waals surface area (Å²) in [6.45, 7) is 4.79. The largest absolute Gasteiger partial charge is 0.491 e. The second-order valence-corrected chi connectivity index (χ2v) is 7.01. The van der Waals surface area contributed by atoms with Gasteiger partial charge in [0.1, 0.15) is 5.75 Å². The second kappa shape index (κ2) is 8.69. The number of anilines is 1. The average molecular weight is 380 g/mol. The number of amides is 2. The van der Waals surface area contributed by atoms with Crippen molar-refractivity contribution in [2.24, 2.45) is 0 Å². The topological polar surface area (TPSA) is 75.7 Å². The van der Waals surface area contributed by atoms with E-state index < -0.39 is 0 Å². The fourth-order valence-corrected chi connectivity index (χ4v) is 3.20. The Morgan fingerprint density at radius 2 is 1.86 bits per heavy atom. The van der Waals surface area contributed by atoms with Gasteiger partial charge >= 0.3 is 0 Å². The molecule has 0 saturated carbocycles. The van der Waals surface area contributed by atoms with E-state index in [1.54, 1.807) is 35.2 Å². The highest BCUT2D eigenvalue weighted by molar-refractivity contribution is 5.98. The minimum Gasteiger partial charge on any atom is -0.491 e. The number of ketones is 1. The fourth-order valence-electron chi connectivity index (χ4n) is 3.20. The lowest BCUT2D eigenvalue weighted by molar-refractivity contribution is -0.107. The summed E-state index contributed by atoms with van der Waals surface area (Å²) >= 11 is 0. The molecule has 0 aromatic heterocycles. The van der Waals surface area contributed by atoms with Gasteiger partial charge in [0, 0.05) is 36.3 Å². The zero-order chi connectivity index (χ0) is 20.1. The van der Waals surface area contributed by atoms with E-state index in [1.807, 2.05) is 26.0 Å². The van der Waals surface area contributed by atoms with Crippen LogP contribution in [0.2, 0.25) is 0 Å². The number of hydrogen-bond acceptors (Lipinski definition) is 4. The minimum absolute atomic E-state index is 0.0339. The number of carbonyl (C=O) groups excluding carboxylic acids is 3. The molecular weight excluding hydrogens is 356 g/mol. The number of benzene rings is 2. The van der Waals surface area contributed by atoms with E-state index in [9.17, 15) is 14.4 Å². The molecule has 0 radical (unpaired) electrons. The van der Waals surface area contributed by atoms with Crippen LogP contribution >= 0.6 is 0 Å². The molecule has 1 N–H and O–H groups in total. The van der Waals surface area contributed by atoms with Gasteiger partial charge in [0.05, 0.1) is 6.10 Å². The first-order chi connectivity index (χ1) is 13.5. The quantitative estimate of drug-likeness (QED) is 0.564. The highest BCUT2D eigenvalue weighted by atomic mass is 16.5. The number of carbonyl (C=O) groups is 3. The standard InChI is InChI=1S/C22H24N2O4/c1-15(2)28-19-6-3-16(4-7-19)22(27)23-11-9-21(26)18-5-8-20-17(13-18)10-12-24(20)14-25/h3-8,13-15H,9-12H2,1-2H3,(H,23,27). The van der Waals surface area contributed by atoms with Crippen molar-refractivity contribution >= 4 is 23.8 Å². The van der Waals surface area contributed by atoms with Crippen LogP contribution in [-0.4, -0.2) is 37.3 Å². The molecule has 0 atom stereocenters. The summed E-state index contributed by atoms with van der Waals surface area (Å²) in [6, 6.07) is 12.3. The number of nitrogens with one attached hydrogen (secondary N) is 1. The van der Waals surface area contributed by atoms with E-state index in [0.717, 1.165) is 24.1 Å². The van der Waals surface area contributed by atoms with Crippen LogP contribution in [0.3, 0.4) is 0 Å². The summed E-state index contributed by atoms with van der Waals surface area (Å²) in [5, 5.41) is 2.77. The highest BCUT2D eigenvalue weighted by Gasteiger charge is 2.20. The predicted octanol–water partition coefficient (Wildman–Crippen LogP) is 3.00. The zero-order valence-electron chi connectivity index (χ0n) is 16.1. The molecule has 0 saturated heterocycles. The number of fused-ring (bicyclic) bond motifs is 1. The van der Waals surface area contributed by atoms with E-state index in [2.05, 4.69) is 5.32 Å². The van der Waals surface area contributed by atoms with Gasteiger partial charge in [-0.2, -0.15) is 0 Å². The third kappa shape index (κ3) is 4.57. The first kappa shape index (κ1) is 19.6. The van der Waals surface area contributed by atoms with Crippen molar-refractivity contribution in [2.45, 2.75) is 32.8 Å². The maximum atomic E-state index is 12.4. The number of Topliss-reactive ketones (excluding diaryl/α,β-unsaturated/α-hetero) is 1. The van der Waals surface area contributed by atoms with Gasteiger partial charge in [-0.1, -0.05) is 0 Å². The molecule has 2 amide bonds. The van der Waals surface area contributed by atoms with Gasteiger partial charge in [0.25, 0.3) is 5.91 Å². The fraction of sp³-hybridized carbons (Fsp3) is 0.318. The van der Waals surface area contributed by atoms with Gasteiger partial charge in [0.2, 0.25) is 6.41 Å². The summed E-state index contributed by atoms with van der Waals surface area (Å²) < 4.78 is 5.56. The molecule has 0 bridgehead atoms. The molecule has 28 heavy (non-hydrogen) atoms. The Balaban J connectivity index is 1.51.